The lowest BCUT2D eigenvalue weighted by Gasteiger charge is -2.18. The fourth-order valence-electron chi connectivity index (χ4n) is 1.26. The van der Waals surface area contributed by atoms with E-state index in [0.29, 0.717) is 19.5 Å². The largest absolute Gasteiger partial charge is 0.480 e. The van der Waals surface area contributed by atoms with Crippen LogP contribution in [0.5, 0.6) is 0 Å². The van der Waals surface area contributed by atoms with Gasteiger partial charge in [0, 0.05) is 31.1 Å². The molecule has 7 heteroatoms. The first kappa shape index (κ1) is 13.4. The molecule has 1 rings (SSSR count). The van der Waals surface area contributed by atoms with Crippen LogP contribution in [-0.2, 0) is 11.2 Å². The van der Waals surface area contributed by atoms with E-state index in [-0.39, 0.29) is 12.6 Å². The Morgan fingerprint density at radius 1 is 1.59 bits per heavy atom. The second-order valence-electron chi connectivity index (χ2n) is 3.32. The molecule has 0 saturated heterocycles. The highest BCUT2D eigenvalue weighted by atomic mass is 32.1. The van der Waals surface area contributed by atoms with E-state index in [2.05, 4.69) is 10.3 Å². The van der Waals surface area contributed by atoms with Crippen molar-refractivity contribution in [3.05, 3.63) is 16.6 Å². The Bertz CT molecular complexity index is 367. The molecule has 0 aliphatic carbocycles. The fraction of sp³-hybridized carbons (Fsp3) is 0.500. The number of carbonyl (C=O) groups excluding carboxylic acids is 1. The molecule has 94 valence electrons. The molecule has 0 unspecified atom stereocenters. The van der Waals surface area contributed by atoms with Gasteiger partial charge >= 0.3 is 12.0 Å². The Morgan fingerprint density at radius 3 is 2.88 bits per heavy atom. The lowest BCUT2D eigenvalue weighted by Crippen LogP contribution is -2.43. The highest BCUT2D eigenvalue weighted by Crippen LogP contribution is 2.03. The van der Waals surface area contributed by atoms with Gasteiger partial charge in [-0.1, -0.05) is 0 Å². The van der Waals surface area contributed by atoms with E-state index in [0.717, 1.165) is 5.01 Å². The fourth-order valence-corrected chi connectivity index (χ4v) is 1.88. The molecule has 0 aliphatic rings. The van der Waals surface area contributed by atoms with Crippen molar-refractivity contribution < 1.29 is 14.7 Å². The summed E-state index contributed by atoms with van der Waals surface area (Å²) < 4.78 is 0. The first-order chi connectivity index (χ1) is 8.13. The molecule has 1 aromatic rings. The molecule has 0 saturated carbocycles. The highest BCUT2D eigenvalue weighted by molar-refractivity contribution is 7.09. The first-order valence-corrected chi connectivity index (χ1v) is 6.14. The smallest absolute Gasteiger partial charge is 0.323 e. The average molecular weight is 257 g/mol. The Morgan fingerprint density at radius 2 is 2.35 bits per heavy atom. The molecule has 1 aromatic heterocycles. The summed E-state index contributed by atoms with van der Waals surface area (Å²) in [5, 5.41) is 14.1. The number of urea groups is 1. The van der Waals surface area contributed by atoms with E-state index in [1.807, 2.05) is 5.38 Å². The Balaban J connectivity index is 2.29. The van der Waals surface area contributed by atoms with Gasteiger partial charge < -0.3 is 15.3 Å². The van der Waals surface area contributed by atoms with Crippen molar-refractivity contribution in [2.75, 3.05) is 19.6 Å². The molecule has 0 atom stereocenters. The number of rotatable bonds is 6. The number of hydrogen-bond acceptors (Lipinski definition) is 4. The van der Waals surface area contributed by atoms with E-state index in [4.69, 9.17) is 5.11 Å². The molecular weight excluding hydrogens is 242 g/mol. The summed E-state index contributed by atoms with van der Waals surface area (Å²) in [6.45, 7) is 2.29. The van der Waals surface area contributed by atoms with Crippen LogP contribution in [0.25, 0.3) is 0 Å². The third kappa shape index (κ3) is 4.81. The number of aromatic nitrogens is 1. The molecule has 0 aliphatic heterocycles. The van der Waals surface area contributed by atoms with Gasteiger partial charge in [0.2, 0.25) is 0 Å². The van der Waals surface area contributed by atoms with Crippen LogP contribution in [0.3, 0.4) is 0 Å². The Hall–Kier alpha value is -1.63. The lowest BCUT2D eigenvalue weighted by atomic mass is 10.4. The quantitative estimate of drug-likeness (QED) is 0.789. The average Bonchev–Trinajstić information content (AvgIpc) is 2.78. The number of likely N-dealkylation sites (N-methyl/N-ethyl adjacent to an activating group) is 1. The maximum absolute atomic E-state index is 11.6. The predicted molar refractivity (Wildman–Crippen MR) is 64.1 cm³/mol. The van der Waals surface area contributed by atoms with Crippen LogP contribution in [0.1, 0.15) is 11.9 Å². The van der Waals surface area contributed by atoms with Crippen LogP contribution >= 0.6 is 11.3 Å². The minimum absolute atomic E-state index is 0.278. The first-order valence-electron chi connectivity index (χ1n) is 5.26. The maximum atomic E-state index is 11.6. The molecule has 17 heavy (non-hydrogen) atoms. The maximum Gasteiger partial charge on any atom is 0.323 e. The third-order valence-electron chi connectivity index (χ3n) is 2.09. The van der Waals surface area contributed by atoms with E-state index < -0.39 is 5.97 Å². The van der Waals surface area contributed by atoms with Gasteiger partial charge in [-0.05, 0) is 6.92 Å². The monoisotopic (exact) mass is 257 g/mol. The zero-order valence-corrected chi connectivity index (χ0v) is 10.4. The zero-order chi connectivity index (χ0) is 12.7. The summed E-state index contributed by atoms with van der Waals surface area (Å²) in [7, 11) is 0. The number of thiazole rings is 1. The van der Waals surface area contributed by atoms with Gasteiger partial charge in [-0.25, -0.2) is 9.78 Å². The van der Waals surface area contributed by atoms with Gasteiger partial charge in [-0.3, -0.25) is 4.79 Å². The highest BCUT2D eigenvalue weighted by Gasteiger charge is 2.13. The van der Waals surface area contributed by atoms with E-state index in [9.17, 15) is 9.59 Å². The van der Waals surface area contributed by atoms with Gasteiger partial charge in [0.15, 0.2) is 0 Å². The molecule has 2 N–H and O–H groups in total. The standard InChI is InChI=1S/C10H15N3O3S/c1-2-13(7-9(14)15)10(16)12-4-3-8-11-5-6-17-8/h5-6H,2-4,7H2,1H3,(H,12,16)(H,14,15). The minimum atomic E-state index is -1.01. The second kappa shape index (κ2) is 6.85. The summed E-state index contributed by atoms with van der Waals surface area (Å²) >= 11 is 1.53. The van der Waals surface area contributed by atoms with Crippen molar-refractivity contribution in [3.8, 4) is 0 Å². The second-order valence-corrected chi connectivity index (χ2v) is 4.29. The van der Waals surface area contributed by atoms with Gasteiger partial charge in [0.25, 0.3) is 0 Å². The molecule has 0 spiro atoms. The number of carboxylic acids is 1. The number of nitrogens with zero attached hydrogens (tertiary/aromatic N) is 2. The number of carbonyl (C=O) groups is 2. The van der Waals surface area contributed by atoms with Crippen molar-refractivity contribution >= 4 is 23.3 Å². The van der Waals surface area contributed by atoms with Gasteiger partial charge in [0.1, 0.15) is 6.54 Å². The number of aliphatic carboxylic acids is 1. The van der Waals surface area contributed by atoms with Crippen LogP contribution in [0, 0.1) is 0 Å². The van der Waals surface area contributed by atoms with Crippen LogP contribution in [0.4, 0.5) is 4.79 Å². The summed E-state index contributed by atoms with van der Waals surface area (Å²) in [5.41, 5.74) is 0. The van der Waals surface area contributed by atoms with Crippen molar-refractivity contribution in [1.82, 2.24) is 15.2 Å². The summed E-state index contributed by atoms with van der Waals surface area (Å²) in [4.78, 5) is 27.4. The lowest BCUT2D eigenvalue weighted by molar-refractivity contribution is -0.137. The van der Waals surface area contributed by atoms with E-state index in [1.165, 1.54) is 16.2 Å². The molecule has 0 radical (unpaired) electrons. The van der Waals surface area contributed by atoms with Crippen molar-refractivity contribution in [1.29, 1.82) is 0 Å². The van der Waals surface area contributed by atoms with Crippen molar-refractivity contribution in [3.63, 3.8) is 0 Å². The van der Waals surface area contributed by atoms with Crippen molar-refractivity contribution in [2.24, 2.45) is 0 Å². The van der Waals surface area contributed by atoms with Crippen LogP contribution in [0.2, 0.25) is 0 Å². The number of hydrogen-bond donors (Lipinski definition) is 2. The van der Waals surface area contributed by atoms with Gasteiger partial charge in [-0.2, -0.15) is 0 Å². The zero-order valence-electron chi connectivity index (χ0n) is 9.55. The number of amides is 2. The molecule has 0 aromatic carbocycles. The van der Waals surface area contributed by atoms with Crippen LogP contribution < -0.4 is 5.32 Å². The summed E-state index contributed by atoms with van der Waals surface area (Å²) in [6.07, 6.45) is 2.37. The number of nitrogens with one attached hydrogen (secondary N) is 1. The van der Waals surface area contributed by atoms with E-state index >= 15 is 0 Å². The SMILES string of the molecule is CCN(CC(=O)O)C(=O)NCCc1nccs1. The van der Waals surface area contributed by atoms with Gasteiger partial charge in [0.05, 0.1) is 5.01 Å². The normalized spacial score (nSPS) is 9.94. The predicted octanol–water partition coefficient (Wildman–Crippen LogP) is 0.802. The Kier molecular flexibility index (Phi) is 5.41. The molecule has 2 amide bonds. The molecule has 0 bridgehead atoms. The molecule has 0 fully saturated rings. The van der Waals surface area contributed by atoms with Crippen LogP contribution in [0.15, 0.2) is 11.6 Å². The topological polar surface area (TPSA) is 82.5 Å². The van der Waals surface area contributed by atoms with E-state index in [1.54, 1.807) is 13.1 Å². The van der Waals surface area contributed by atoms with Gasteiger partial charge in [-0.15, -0.1) is 11.3 Å². The van der Waals surface area contributed by atoms with Crippen LogP contribution in [-0.4, -0.2) is 46.6 Å². The molecule has 1 heterocycles. The molecule has 6 nitrogen and oxygen atoms in total. The third-order valence-corrected chi connectivity index (χ3v) is 2.93. The summed E-state index contributed by atoms with van der Waals surface area (Å²) in [5.74, 6) is -1.01. The van der Waals surface area contributed by atoms with Crippen molar-refractivity contribution in [2.45, 2.75) is 13.3 Å². The number of carboxylic acid groups (broad SMARTS) is 1. The minimum Gasteiger partial charge on any atom is -0.480 e. The molecular formula is C10H15N3O3S. The summed E-state index contributed by atoms with van der Waals surface area (Å²) in [6, 6.07) is -0.355. The Labute approximate surface area is 103 Å².